The van der Waals surface area contributed by atoms with Crippen LogP contribution in [0.5, 0.6) is 0 Å². The SMILES string of the molecule is Cc1cc2nc(N(CCCN(C)C)C(=O)c3cc(Cl)ccc3Cl)sc2cc1C. The van der Waals surface area contributed by atoms with Crippen LogP contribution in [0.3, 0.4) is 0 Å². The van der Waals surface area contributed by atoms with Crippen molar-refractivity contribution in [3.63, 3.8) is 0 Å². The number of hydrogen-bond donors (Lipinski definition) is 0. The molecule has 0 bridgehead atoms. The van der Waals surface area contributed by atoms with Crippen molar-refractivity contribution in [1.82, 2.24) is 9.88 Å². The number of carbonyl (C=O) groups excluding carboxylic acids is 1. The Balaban J connectivity index is 2.01. The van der Waals surface area contributed by atoms with Crippen molar-refractivity contribution in [3.8, 4) is 0 Å². The van der Waals surface area contributed by atoms with Gasteiger partial charge in [-0.2, -0.15) is 0 Å². The number of amides is 1. The smallest absolute Gasteiger partial charge is 0.261 e. The van der Waals surface area contributed by atoms with Gasteiger partial charge in [0, 0.05) is 11.6 Å². The van der Waals surface area contributed by atoms with Crippen molar-refractivity contribution in [2.24, 2.45) is 0 Å². The van der Waals surface area contributed by atoms with Gasteiger partial charge >= 0.3 is 0 Å². The van der Waals surface area contributed by atoms with E-state index in [1.807, 2.05) is 14.1 Å². The van der Waals surface area contributed by atoms with Gasteiger partial charge in [-0.15, -0.1) is 0 Å². The number of carbonyl (C=O) groups is 1. The first kappa shape index (κ1) is 21.1. The molecule has 4 nitrogen and oxygen atoms in total. The lowest BCUT2D eigenvalue weighted by Crippen LogP contribution is -2.33. The van der Waals surface area contributed by atoms with E-state index >= 15 is 0 Å². The molecular formula is C21H23Cl2N3OS. The molecular weight excluding hydrogens is 413 g/mol. The predicted molar refractivity (Wildman–Crippen MR) is 120 cm³/mol. The lowest BCUT2D eigenvalue weighted by Gasteiger charge is -2.21. The van der Waals surface area contributed by atoms with Crippen LogP contribution in [0.25, 0.3) is 10.2 Å². The van der Waals surface area contributed by atoms with E-state index in [1.165, 1.54) is 22.5 Å². The topological polar surface area (TPSA) is 36.4 Å². The molecule has 28 heavy (non-hydrogen) atoms. The monoisotopic (exact) mass is 435 g/mol. The van der Waals surface area contributed by atoms with Crippen molar-refractivity contribution >= 4 is 55.8 Å². The summed E-state index contributed by atoms with van der Waals surface area (Å²) in [6, 6.07) is 9.15. The van der Waals surface area contributed by atoms with Crippen LogP contribution in [-0.4, -0.2) is 43.0 Å². The van der Waals surface area contributed by atoms with Crippen molar-refractivity contribution in [1.29, 1.82) is 0 Å². The molecule has 0 unspecified atom stereocenters. The molecule has 0 aliphatic carbocycles. The van der Waals surface area contributed by atoms with Crippen LogP contribution in [0.4, 0.5) is 5.13 Å². The number of aromatic nitrogens is 1. The van der Waals surface area contributed by atoms with Crippen molar-refractivity contribution in [2.75, 3.05) is 32.1 Å². The summed E-state index contributed by atoms with van der Waals surface area (Å²) in [6.07, 6.45) is 0.824. The Bertz CT molecular complexity index is 977. The quantitative estimate of drug-likeness (QED) is 0.489. The number of nitrogens with zero attached hydrogens (tertiary/aromatic N) is 3. The number of anilines is 1. The first-order chi connectivity index (χ1) is 13.3. The zero-order valence-corrected chi connectivity index (χ0v) is 18.8. The largest absolute Gasteiger partial charge is 0.309 e. The van der Waals surface area contributed by atoms with Gasteiger partial charge < -0.3 is 4.90 Å². The number of halogens is 2. The molecule has 1 heterocycles. The first-order valence-corrected chi connectivity index (χ1v) is 10.6. The van der Waals surface area contributed by atoms with E-state index in [4.69, 9.17) is 28.2 Å². The van der Waals surface area contributed by atoms with Crippen LogP contribution < -0.4 is 4.90 Å². The Kier molecular flexibility index (Phi) is 6.61. The molecule has 2 aromatic carbocycles. The van der Waals surface area contributed by atoms with E-state index in [0.29, 0.717) is 27.3 Å². The Morgan fingerprint density at radius 3 is 2.50 bits per heavy atom. The van der Waals surface area contributed by atoms with Crippen LogP contribution in [0.2, 0.25) is 10.0 Å². The van der Waals surface area contributed by atoms with Gasteiger partial charge in [0.15, 0.2) is 5.13 Å². The molecule has 1 aromatic heterocycles. The minimum absolute atomic E-state index is 0.182. The Labute approximate surface area is 179 Å². The van der Waals surface area contributed by atoms with Crippen LogP contribution >= 0.6 is 34.5 Å². The van der Waals surface area contributed by atoms with E-state index in [2.05, 4.69) is 30.9 Å². The fourth-order valence-corrected chi connectivity index (χ4v) is 4.36. The van der Waals surface area contributed by atoms with E-state index in [9.17, 15) is 4.79 Å². The zero-order valence-electron chi connectivity index (χ0n) is 16.4. The summed E-state index contributed by atoms with van der Waals surface area (Å²) >= 11 is 13.9. The van der Waals surface area contributed by atoms with E-state index in [1.54, 1.807) is 23.1 Å². The van der Waals surface area contributed by atoms with Crippen LogP contribution in [0, 0.1) is 13.8 Å². The maximum atomic E-state index is 13.3. The molecule has 7 heteroatoms. The third kappa shape index (κ3) is 4.66. The summed E-state index contributed by atoms with van der Waals surface area (Å²) in [4.78, 5) is 21.9. The number of rotatable bonds is 6. The summed E-state index contributed by atoms with van der Waals surface area (Å²) in [7, 11) is 4.03. The van der Waals surface area contributed by atoms with Gasteiger partial charge in [0.25, 0.3) is 5.91 Å². The Morgan fingerprint density at radius 2 is 1.79 bits per heavy atom. The molecule has 0 fully saturated rings. The molecule has 3 aromatic rings. The van der Waals surface area contributed by atoms with Crippen LogP contribution in [0.1, 0.15) is 27.9 Å². The van der Waals surface area contributed by atoms with Crippen molar-refractivity contribution in [2.45, 2.75) is 20.3 Å². The summed E-state index contributed by atoms with van der Waals surface area (Å²) < 4.78 is 1.07. The summed E-state index contributed by atoms with van der Waals surface area (Å²) in [6.45, 7) is 5.58. The summed E-state index contributed by atoms with van der Waals surface area (Å²) in [5.74, 6) is -0.182. The summed E-state index contributed by atoms with van der Waals surface area (Å²) in [5.41, 5.74) is 3.70. The normalized spacial score (nSPS) is 11.4. The Hall–Kier alpha value is -1.66. The van der Waals surface area contributed by atoms with Gasteiger partial charge in [0.1, 0.15) is 0 Å². The predicted octanol–water partition coefficient (Wildman–Crippen LogP) is 5.82. The lowest BCUT2D eigenvalue weighted by atomic mass is 10.1. The third-order valence-corrected chi connectivity index (χ3v) is 6.22. The zero-order chi connectivity index (χ0) is 20.4. The highest BCUT2D eigenvalue weighted by Crippen LogP contribution is 2.33. The highest BCUT2D eigenvalue weighted by Gasteiger charge is 2.23. The standard InChI is InChI=1S/C21H23Cl2N3OS/c1-13-10-18-19(11-14(13)2)28-21(24-18)26(9-5-8-25(3)4)20(27)16-12-15(22)6-7-17(16)23/h6-7,10-12H,5,8-9H2,1-4H3. The van der Waals surface area contributed by atoms with Crippen LogP contribution in [-0.2, 0) is 0 Å². The Morgan fingerprint density at radius 1 is 1.07 bits per heavy atom. The van der Waals surface area contributed by atoms with Gasteiger partial charge in [-0.05, 0) is 82.4 Å². The van der Waals surface area contributed by atoms with Crippen molar-refractivity contribution in [3.05, 3.63) is 57.1 Å². The van der Waals surface area contributed by atoms with Crippen molar-refractivity contribution < 1.29 is 4.79 Å². The average molecular weight is 436 g/mol. The molecule has 1 amide bonds. The molecule has 0 saturated heterocycles. The number of fused-ring (bicyclic) bond motifs is 1. The maximum Gasteiger partial charge on any atom is 0.261 e. The minimum Gasteiger partial charge on any atom is -0.309 e. The van der Waals surface area contributed by atoms with Gasteiger partial charge in [-0.1, -0.05) is 34.5 Å². The fourth-order valence-electron chi connectivity index (χ4n) is 2.92. The molecule has 0 saturated carbocycles. The highest BCUT2D eigenvalue weighted by molar-refractivity contribution is 7.22. The number of benzene rings is 2. The van der Waals surface area contributed by atoms with E-state index in [0.717, 1.165) is 23.2 Å². The average Bonchev–Trinajstić information content (AvgIpc) is 3.02. The fraction of sp³-hybridized carbons (Fsp3) is 0.333. The summed E-state index contributed by atoms with van der Waals surface area (Å²) in [5, 5.41) is 1.55. The highest BCUT2D eigenvalue weighted by atomic mass is 35.5. The van der Waals surface area contributed by atoms with Crippen LogP contribution in [0.15, 0.2) is 30.3 Å². The van der Waals surface area contributed by atoms with Gasteiger partial charge in [-0.3, -0.25) is 9.69 Å². The third-order valence-electron chi connectivity index (χ3n) is 4.61. The molecule has 0 aliphatic rings. The number of thiazole rings is 1. The van der Waals surface area contributed by atoms with Gasteiger partial charge in [0.2, 0.25) is 0 Å². The molecule has 148 valence electrons. The second kappa shape index (κ2) is 8.78. The molecule has 0 atom stereocenters. The van der Waals surface area contributed by atoms with Gasteiger partial charge in [-0.25, -0.2) is 4.98 Å². The van der Waals surface area contributed by atoms with E-state index < -0.39 is 0 Å². The number of aryl methyl sites for hydroxylation is 2. The molecule has 0 N–H and O–H groups in total. The lowest BCUT2D eigenvalue weighted by molar-refractivity contribution is 0.0986. The molecule has 0 radical (unpaired) electrons. The first-order valence-electron chi connectivity index (χ1n) is 9.05. The number of hydrogen-bond acceptors (Lipinski definition) is 4. The second-order valence-electron chi connectivity index (χ2n) is 7.14. The van der Waals surface area contributed by atoms with Gasteiger partial charge in [0.05, 0.1) is 20.8 Å². The maximum absolute atomic E-state index is 13.3. The molecule has 0 spiro atoms. The molecule has 0 aliphatic heterocycles. The minimum atomic E-state index is -0.182. The van der Waals surface area contributed by atoms with E-state index in [-0.39, 0.29) is 5.91 Å². The second-order valence-corrected chi connectivity index (χ2v) is 8.99. The molecule has 3 rings (SSSR count).